The second-order valence-corrected chi connectivity index (χ2v) is 19.8. The Balaban J connectivity index is 1.15. The van der Waals surface area contributed by atoms with Crippen LogP contribution in [0.2, 0.25) is 0 Å². The molecule has 0 aromatic heterocycles. The Hall–Kier alpha value is -3.73. The Morgan fingerprint density at radius 2 is 1.40 bits per heavy atom. The Morgan fingerprint density at radius 1 is 0.736 bits per heavy atom. The summed E-state index contributed by atoms with van der Waals surface area (Å²) in [5.74, 6) is -2.21. The summed E-state index contributed by atoms with van der Waals surface area (Å²) in [6, 6.07) is 4.81. The van der Waals surface area contributed by atoms with Crippen LogP contribution in [0, 0.1) is 11.8 Å². The molecule has 0 spiro atoms. The molecule has 4 aliphatic heterocycles. The average molecular weight is 1030 g/mol. The zero-order valence-electron chi connectivity index (χ0n) is 40.6. The fourth-order valence-electron chi connectivity index (χ4n) is 10.6. The number of amides is 2. The van der Waals surface area contributed by atoms with Gasteiger partial charge in [-0.3, -0.25) is 9.59 Å². The molecule has 23 heteroatoms. The Labute approximate surface area is 416 Å². The van der Waals surface area contributed by atoms with Gasteiger partial charge in [-0.25, -0.2) is 4.79 Å². The molecule has 11 N–H and O–H groups in total. The molecular formula is C49H72N2O21. The van der Waals surface area contributed by atoms with E-state index in [2.05, 4.69) is 17.2 Å². The van der Waals surface area contributed by atoms with Crippen molar-refractivity contribution in [3.05, 3.63) is 47.7 Å². The fourth-order valence-corrected chi connectivity index (χ4v) is 10.6. The summed E-state index contributed by atoms with van der Waals surface area (Å²) in [6.07, 6.45) is -18.8. The number of para-hydroxylation sites is 1. The summed E-state index contributed by atoms with van der Waals surface area (Å²) in [5.41, 5.74) is 1.29. The first-order valence-electron chi connectivity index (χ1n) is 24.8. The molecule has 2 amide bonds. The van der Waals surface area contributed by atoms with Crippen LogP contribution in [0.4, 0.5) is 0 Å². The van der Waals surface area contributed by atoms with E-state index in [4.69, 9.17) is 42.6 Å². The molecule has 5 fully saturated rings. The Morgan fingerprint density at radius 3 is 2.07 bits per heavy atom. The summed E-state index contributed by atoms with van der Waals surface area (Å²) < 4.78 is 55.2. The Bertz CT molecular complexity index is 2020. The number of carboxylic acid groups (broad SMARTS) is 1. The maximum atomic E-state index is 12.9. The van der Waals surface area contributed by atoms with Gasteiger partial charge < -0.3 is 99.2 Å². The number of aliphatic carboxylic acids is 1. The number of hydrogen-bond acceptors (Lipinski definition) is 20. The molecule has 404 valence electrons. The van der Waals surface area contributed by atoms with Gasteiger partial charge in [0.05, 0.1) is 44.7 Å². The molecule has 9 unspecified atom stereocenters. The van der Waals surface area contributed by atoms with Crippen molar-refractivity contribution in [2.75, 3.05) is 26.4 Å². The molecule has 4 heterocycles. The van der Waals surface area contributed by atoms with Crippen LogP contribution in [0.15, 0.2) is 42.2 Å². The van der Waals surface area contributed by atoms with Gasteiger partial charge in [0, 0.05) is 25.0 Å². The standard InChI is InChI=1S/C49H72N2O21/c1-22-29(17-28-12-8-9-13-31(28)66-22)21-64-45-39(58)35(19-53)71-48(42(45)61)65-20-27-14-30(50-24(3)54)43(72-49-41(60)40(59)37(56)23(2)67-49)32(16-27)69-47-36(51-25(4)55)44(38(57)34(18-52)70-47)68-33(46(62)63)15-26-10-6-5-7-11-26/h8-9,12-13,17,23,26-27,30,32-45,47-49,52-53,56-61H,1,5-7,10-11,14-16,18-21H2,2-4H3,(H,50,54)(H,51,55)(H,62,63)/t23?,27?,30-,32-,33+,34?,35-,36?,37-,38+,39-,40+,41?,42?,43?,44?,45?,47-,48+,49+/m1/s1. The first-order chi connectivity index (χ1) is 34.4. The number of aliphatic hydroxyl groups is 8. The van der Waals surface area contributed by atoms with Gasteiger partial charge in [-0.15, -0.1) is 0 Å². The highest BCUT2D eigenvalue weighted by Crippen LogP contribution is 2.38. The van der Waals surface area contributed by atoms with Crippen molar-refractivity contribution in [3.8, 4) is 5.75 Å². The van der Waals surface area contributed by atoms with Crippen molar-refractivity contribution in [3.63, 3.8) is 0 Å². The van der Waals surface area contributed by atoms with E-state index in [1.165, 1.54) is 20.8 Å². The topological polar surface area (TPSA) is 340 Å². The predicted octanol–water partition coefficient (Wildman–Crippen LogP) is -1.28. The molecule has 2 saturated carbocycles. The number of ether oxygens (including phenoxy) is 9. The minimum absolute atomic E-state index is 0.0214. The van der Waals surface area contributed by atoms with Crippen LogP contribution in [0.1, 0.15) is 77.7 Å². The van der Waals surface area contributed by atoms with E-state index in [-0.39, 0.29) is 38.4 Å². The SMILES string of the molecule is C=C1Oc2ccccc2C=C1COC1C(O)[C@@H](OCC2C[C@@H](NC(C)=O)C(O[C@@H]3OC(C)[C@@H](O)[C@H](O)C3O)[C@H](O[C@@H]3OC(CO)[C@H](O)C(O[C@@H](CC4CCCCC4)C(=O)O)C3NC(C)=O)C2)O[C@H](CO)[C@H]1O. The van der Waals surface area contributed by atoms with Crippen LogP contribution < -0.4 is 15.4 Å². The zero-order chi connectivity index (χ0) is 52.0. The van der Waals surface area contributed by atoms with Crippen LogP contribution in [-0.2, 0) is 52.3 Å². The summed E-state index contributed by atoms with van der Waals surface area (Å²) >= 11 is 0. The highest BCUT2D eigenvalue weighted by Gasteiger charge is 2.53. The van der Waals surface area contributed by atoms with Gasteiger partial charge in [0.2, 0.25) is 11.8 Å². The molecule has 1 aromatic carbocycles. The van der Waals surface area contributed by atoms with Gasteiger partial charge in [0.25, 0.3) is 0 Å². The lowest BCUT2D eigenvalue weighted by Gasteiger charge is -2.49. The van der Waals surface area contributed by atoms with Crippen LogP contribution in [0.25, 0.3) is 6.08 Å². The van der Waals surface area contributed by atoms with Crippen LogP contribution in [-0.4, -0.2) is 207 Å². The van der Waals surface area contributed by atoms with Crippen molar-refractivity contribution in [1.29, 1.82) is 0 Å². The molecule has 1 aromatic rings. The van der Waals surface area contributed by atoms with E-state index in [9.17, 15) is 60.3 Å². The van der Waals surface area contributed by atoms with E-state index in [0.717, 1.165) is 37.7 Å². The lowest BCUT2D eigenvalue weighted by Crippen LogP contribution is -2.68. The van der Waals surface area contributed by atoms with Gasteiger partial charge in [-0.1, -0.05) is 56.9 Å². The predicted molar refractivity (Wildman–Crippen MR) is 247 cm³/mol. The van der Waals surface area contributed by atoms with Crippen molar-refractivity contribution in [2.45, 2.75) is 189 Å². The number of aliphatic hydroxyl groups excluding tert-OH is 8. The average Bonchev–Trinajstić information content (AvgIpc) is 3.34. The van der Waals surface area contributed by atoms with Gasteiger partial charge in [0.1, 0.15) is 84.7 Å². The fraction of sp³-hybridized carbons (Fsp3) is 0.735. The number of benzene rings is 1. The van der Waals surface area contributed by atoms with Crippen LogP contribution >= 0.6 is 0 Å². The first kappa shape index (κ1) is 56.0. The summed E-state index contributed by atoms with van der Waals surface area (Å²) in [5, 5.41) is 103. The van der Waals surface area contributed by atoms with Crippen LogP contribution in [0.5, 0.6) is 5.75 Å². The van der Waals surface area contributed by atoms with Crippen molar-refractivity contribution in [2.24, 2.45) is 11.8 Å². The highest BCUT2D eigenvalue weighted by atomic mass is 16.7. The van der Waals surface area contributed by atoms with Gasteiger partial charge in [0.15, 0.2) is 25.0 Å². The molecule has 2 aliphatic carbocycles. The molecule has 72 heavy (non-hydrogen) atoms. The van der Waals surface area contributed by atoms with Crippen molar-refractivity contribution in [1.82, 2.24) is 10.6 Å². The number of carboxylic acids is 1. The maximum Gasteiger partial charge on any atom is 0.332 e. The van der Waals surface area contributed by atoms with Gasteiger partial charge >= 0.3 is 5.97 Å². The molecular weight excluding hydrogens is 953 g/mol. The van der Waals surface area contributed by atoms with E-state index < -0.39 is 153 Å². The summed E-state index contributed by atoms with van der Waals surface area (Å²) in [7, 11) is 0. The lowest BCUT2D eigenvalue weighted by atomic mass is 9.81. The molecule has 0 bridgehead atoms. The number of nitrogens with one attached hydrogen (secondary N) is 2. The minimum Gasteiger partial charge on any atom is -0.479 e. The van der Waals surface area contributed by atoms with E-state index >= 15 is 0 Å². The van der Waals surface area contributed by atoms with Crippen molar-refractivity contribution < 1.29 is 103 Å². The number of carbonyl (C=O) groups is 3. The molecule has 20 atom stereocenters. The van der Waals surface area contributed by atoms with E-state index in [1.54, 1.807) is 12.1 Å². The van der Waals surface area contributed by atoms with Gasteiger partial charge in [-0.2, -0.15) is 0 Å². The third-order valence-electron chi connectivity index (χ3n) is 14.4. The second kappa shape index (κ2) is 25.2. The molecule has 7 rings (SSSR count). The zero-order valence-corrected chi connectivity index (χ0v) is 40.6. The van der Waals surface area contributed by atoms with Crippen LogP contribution in [0.3, 0.4) is 0 Å². The number of fused-ring (bicyclic) bond motifs is 1. The summed E-state index contributed by atoms with van der Waals surface area (Å²) in [6.45, 7) is 5.96. The van der Waals surface area contributed by atoms with E-state index in [1.807, 2.05) is 18.2 Å². The first-order valence-corrected chi connectivity index (χ1v) is 24.8. The summed E-state index contributed by atoms with van der Waals surface area (Å²) in [4.78, 5) is 38.6. The third-order valence-corrected chi connectivity index (χ3v) is 14.4. The van der Waals surface area contributed by atoms with E-state index in [0.29, 0.717) is 17.1 Å². The molecule has 3 saturated heterocycles. The monoisotopic (exact) mass is 1020 g/mol. The minimum atomic E-state index is -1.80. The largest absolute Gasteiger partial charge is 0.479 e. The molecule has 6 aliphatic rings. The van der Waals surface area contributed by atoms with Crippen molar-refractivity contribution >= 4 is 23.9 Å². The number of rotatable bonds is 19. The van der Waals surface area contributed by atoms with Gasteiger partial charge in [-0.05, 0) is 50.2 Å². The smallest absolute Gasteiger partial charge is 0.332 e. The maximum absolute atomic E-state index is 12.9. The third kappa shape index (κ3) is 13.4. The number of carbonyl (C=O) groups excluding carboxylic acids is 2. The molecule has 0 radical (unpaired) electrons. The highest BCUT2D eigenvalue weighted by molar-refractivity contribution is 5.74. The second-order valence-electron chi connectivity index (χ2n) is 19.8. The quantitative estimate of drug-likeness (QED) is 0.0769. The normalized spacial score (nSPS) is 39.0. The number of hydrogen-bond donors (Lipinski definition) is 11. The Kier molecular flexibility index (Phi) is 19.6. The molecule has 23 nitrogen and oxygen atoms in total. The lowest BCUT2D eigenvalue weighted by molar-refractivity contribution is -0.337.